The Kier molecular flexibility index (Phi) is 26.5. The van der Waals surface area contributed by atoms with Crippen LogP contribution in [-0.2, 0) is 6.42 Å². The van der Waals surface area contributed by atoms with Gasteiger partial charge in [-0.2, -0.15) is 0 Å². The van der Waals surface area contributed by atoms with Crippen molar-refractivity contribution < 1.29 is 57.0 Å². The maximum absolute atomic E-state index is 10.9. The normalized spacial score (nSPS) is 17.7. The lowest BCUT2D eigenvalue weighted by Gasteiger charge is -2.22. The van der Waals surface area contributed by atoms with E-state index in [-0.39, 0.29) is 23.0 Å². The van der Waals surface area contributed by atoms with Crippen LogP contribution >= 0.6 is 0 Å². The highest BCUT2D eigenvalue weighted by molar-refractivity contribution is 6.02. The first-order valence-electron chi connectivity index (χ1n) is 43.5. The molecule has 0 saturated carbocycles. The molecule has 4 fully saturated rings. The summed E-state index contributed by atoms with van der Waals surface area (Å²) in [5, 5.41) is 93.4. The molecule has 4 aromatic heterocycles. The van der Waals surface area contributed by atoms with E-state index in [1.54, 1.807) is 52.7 Å². The number of nitrogens with one attached hydrogen (secondary N) is 4. The summed E-state index contributed by atoms with van der Waals surface area (Å²) in [4.78, 5) is 0. The second-order valence-corrected chi connectivity index (χ2v) is 32.4. The average Bonchev–Trinajstić information content (AvgIpc) is 1.64. The van der Waals surface area contributed by atoms with Crippen molar-refractivity contribution in [3.8, 4) is 46.0 Å². The average molecular weight is 1680 g/mol. The van der Waals surface area contributed by atoms with Crippen LogP contribution in [0.4, 0.5) is 22.7 Å². The molecule has 12 heterocycles. The van der Waals surface area contributed by atoms with Crippen LogP contribution in [0, 0.1) is 23.7 Å². The van der Waals surface area contributed by atoms with Crippen molar-refractivity contribution >= 4 is 132 Å². The number of methoxy groups -OCH3 is 4. The number of ether oxygens (including phenoxy) is 4. The molecule has 0 spiro atoms. The highest BCUT2D eigenvalue weighted by Crippen LogP contribution is 2.49. The molecule has 8 N–H and O–H groups in total. The third-order valence-electron chi connectivity index (χ3n) is 24.6. The van der Waals surface area contributed by atoms with Crippen molar-refractivity contribution in [2.24, 2.45) is 64.6 Å². The van der Waals surface area contributed by atoms with Crippen molar-refractivity contribution in [3.05, 3.63) is 231 Å². The molecule has 8 aliphatic rings. The molecule has 4 saturated heterocycles. The number of benzene rings is 8. The van der Waals surface area contributed by atoms with Gasteiger partial charge in [0.25, 0.3) is 0 Å². The first kappa shape index (κ1) is 84.0. The van der Waals surface area contributed by atoms with E-state index < -0.39 is 0 Å². The van der Waals surface area contributed by atoms with Gasteiger partial charge in [0.2, 0.25) is 0 Å². The molecule has 640 valence electrons. The number of allylic oxidation sites excluding steroid dienone is 3. The minimum absolute atomic E-state index is 0.0938. The van der Waals surface area contributed by atoms with Crippen molar-refractivity contribution in [3.63, 3.8) is 0 Å². The minimum atomic E-state index is 0.0938. The molecule has 0 bridgehead atoms. The van der Waals surface area contributed by atoms with E-state index in [4.69, 9.17) is 36.6 Å². The number of rotatable bonds is 22. The summed E-state index contributed by atoms with van der Waals surface area (Å²) in [6, 6.07) is 45.8. The molecule has 24 heteroatoms. The SMILES string of the molecule is COc1ccc2c(O)c(C=C3N=Nc4ccccc43)oc2c1/C=C/C1CCNCC1.COc1ccc2c(O)c(C=C3N=Nc4ccccc43)oc2c1/C=C/CC1CCNCC1.COc1ccc2c(O)c(C=C3N=Nc4ccccc43)oc2c1/C=C\CCC1CCNCC1.COc1ccc2c(O)c(C=C3N=Nc4ccccc43)oc2c1CCCCC1CCNCC1. The predicted octanol–water partition coefficient (Wildman–Crippen LogP) is 24.9. The zero-order chi connectivity index (χ0) is 85.5. The summed E-state index contributed by atoms with van der Waals surface area (Å²) < 4.78 is 46.9. The Bertz CT molecular complexity index is 6280. The third kappa shape index (κ3) is 18.8. The van der Waals surface area contributed by atoms with Gasteiger partial charge < -0.3 is 78.3 Å². The van der Waals surface area contributed by atoms with Gasteiger partial charge in [0.1, 0.15) is 45.3 Å². The summed E-state index contributed by atoms with van der Waals surface area (Å²) >= 11 is 0. The molecule has 0 unspecified atom stereocenters. The van der Waals surface area contributed by atoms with Crippen LogP contribution in [0.15, 0.2) is 222 Å². The lowest BCUT2D eigenvalue weighted by molar-refractivity contribution is 0.343. The van der Waals surface area contributed by atoms with Gasteiger partial charge in [0.05, 0.1) is 112 Å². The molecule has 8 aromatic carbocycles. The van der Waals surface area contributed by atoms with E-state index in [0.717, 1.165) is 181 Å². The van der Waals surface area contributed by atoms with E-state index in [9.17, 15) is 20.4 Å². The maximum atomic E-state index is 10.9. The van der Waals surface area contributed by atoms with Gasteiger partial charge in [0, 0.05) is 52.1 Å². The topological polar surface area (TPSA) is 317 Å². The molecule has 0 amide bonds. The van der Waals surface area contributed by atoms with E-state index in [2.05, 4.69) is 86.5 Å². The number of furan rings is 4. The fourth-order valence-electron chi connectivity index (χ4n) is 17.6. The molecule has 8 aliphatic heterocycles. The Morgan fingerprint density at radius 3 is 1.06 bits per heavy atom. The molecule has 0 atom stereocenters. The third-order valence-corrected chi connectivity index (χ3v) is 24.6. The van der Waals surface area contributed by atoms with Gasteiger partial charge in [-0.25, -0.2) is 0 Å². The Balaban J connectivity index is 0.000000118. The van der Waals surface area contributed by atoms with Crippen LogP contribution in [0.2, 0.25) is 0 Å². The second-order valence-electron chi connectivity index (χ2n) is 32.4. The van der Waals surface area contributed by atoms with Gasteiger partial charge >= 0.3 is 0 Å². The first-order chi connectivity index (χ1) is 61.5. The Hall–Kier alpha value is -13.3. The Labute approximate surface area is 725 Å². The van der Waals surface area contributed by atoms with E-state index in [1.807, 2.05) is 158 Å². The van der Waals surface area contributed by atoms with Gasteiger partial charge in [0.15, 0.2) is 46.0 Å². The van der Waals surface area contributed by atoms with E-state index in [0.29, 0.717) is 113 Å². The number of nitrogens with zero attached hydrogens (tertiary/aromatic N) is 8. The molecule has 12 aromatic rings. The smallest absolute Gasteiger partial charge is 0.172 e. The van der Waals surface area contributed by atoms with Gasteiger partial charge in [-0.3, -0.25) is 0 Å². The van der Waals surface area contributed by atoms with Crippen LogP contribution in [0.1, 0.15) is 157 Å². The highest BCUT2D eigenvalue weighted by Gasteiger charge is 2.28. The number of azo groups is 4. The van der Waals surface area contributed by atoms with Crippen LogP contribution in [0.5, 0.6) is 46.0 Å². The summed E-state index contributed by atoms with van der Waals surface area (Å²) in [7, 11) is 6.62. The van der Waals surface area contributed by atoms with Gasteiger partial charge in [-0.05, 0) is 232 Å². The Morgan fingerprint density at radius 1 is 0.344 bits per heavy atom. The van der Waals surface area contributed by atoms with Crippen LogP contribution in [0.25, 0.3) is 109 Å². The number of aryl methyl sites for hydroxylation is 1. The van der Waals surface area contributed by atoms with Crippen molar-refractivity contribution in [2.75, 3.05) is 80.8 Å². The van der Waals surface area contributed by atoms with Crippen LogP contribution in [0.3, 0.4) is 0 Å². The zero-order valence-electron chi connectivity index (χ0n) is 70.8. The second kappa shape index (κ2) is 39.5. The fraction of sp³-hybridized carbons (Fsp3) is 0.307. The van der Waals surface area contributed by atoms with Crippen molar-refractivity contribution in [2.45, 2.75) is 96.3 Å². The lowest BCUT2D eigenvalue weighted by atomic mass is 9.91. The molecule has 125 heavy (non-hydrogen) atoms. The van der Waals surface area contributed by atoms with Crippen molar-refractivity contribution in [1.82, 2.24) is 21.3 Å². The summed E-state index contributed by atoms with van der Waals surface area (Å²) in [6.07, 6.45) is 37.0. The standard InChI is InChI=1S/C26H29N3O3.C26H27N3O3.C25H25N3O3.C24H23N3O3/c2*1-31-23-11-10-20-25(30)24(16-22-18-7-4-5-9-21(18)28-29-22)32-26(20)19(23)8-3-2-6-17-12-14-27-15-13-17;1-30-22-10-9-19-24(29)23(15-21-17-6-2-3-8-20(17)27-28-21)31-25(19)18(22)7-4-5-16-11-13-26-14-12-16;1-29-21-9-8-18-23(28)22(14-20-16-4-2-3-5-19(16)26-27-20)30-24(18)17(21)7-6-15-10-12-25-13-11-15/h4-5,7,9-11,16-17,27,30H,2-3,6,8,12-15H2,1H3;3-5,7-11,16-17,27,30H,2,6,12-15H2,1H3;2-4,6-10,15-16,26,29H,5,11-14H2,1H3;2-9,14-15,25,28H,10-13H2,1H3/b;8-3-,22-16?;7-4+,21-15?;7-6+,20-14?. The van der Waals surface area contributed by atoms with Crippen molar-refractivity contribution in [1.29, 1.82) is 0 Å². The summed E-state index contributed by atoms with van der Waals surface area (Å²) in [5.74, 6) is 7.69. The molecule has 24 nitrogen and oxygen atoms in total. The number of aromatic hydroxyl groups is 4. The number of fused-ring (bicyclic) bond motifs is 8. The molecule has 20 rings (SSSR count). The summed E-state index contributed by atoms with van der Waals surface area (Å²) in [6.45, 7) is 8.77. The zero-order valence-corrected chi connectivity index (χ0v) is 70.8. The quantitative estimate of drug-likeness (QED) is 0.0292. The molecular weight excluding hydrogens is 1570 g/mol. The molecule has 0 aliphatic carbocycles. The first-order valence-corrected chi connectivity index (χ1v) is 43.5. The maximum Gasteiger partial charge on any atom is 0.172 e. The largest absolute Gasteiger partial charge is 0.504 e. The molecule has 0 radical (unpaired) electrons. The Morgan fingerprint density at radius 2 is 0.672 bits per heavy atom. The monoisotopic (exact) mass is 1680 g/mol. The number of piperidine rings is 4. The number of hydrogen-bond donors (Lipinski definition) is 8. The highest BCUT2D eigenvalue weighted by atomic mass is 16.5. The minimum Gasteiger partial charge on any atom is -0.504 e. The van der Waals surface area contributed by atoms with Gasteiger partial charge in [-0.15, -0.1) is 40.9 Å². The predicted molar refractivity (Wildman–Crippen MR) is 494 cm³/mol. The lowest BCUT2D eigenvalue weighted by Crippen LogP contribution is -2.27. The fourth-order valence-corrected chi connectivity index (χ4v) is 17.6. The summed E-state index contributed by atoms with van der Waals surface area (Å²) in [5.41, 5.74) is 15.7. The van der Waals surface area contributed by atoms with Crippen LogP contribution < -0.4 is 40.2 Å². The number of hydrogen-bond acceptors (Lipinski definition) is 24. The number of unbranched alkanes of at least 4 members (excludes halogenated alkanes) is 1. The van der Waals surface area contributed by atoms with E-state index in [1.165, 1.54) is 57.8 Å². The van der Waals surface area contributed by atoms with Gasteiger partial charge in [-0.1, -0.05) is 122 Å². The van der Waals surface area contributed by atoms with Crippen LogP contribution in [-0.4, -0.2) is 101 Å². The van der Waals surface area contributed by atoms with E-state index >= 15 is 0 Å². The molecular formula is C101H104N12O12.